The molecule has 0 aliphatic heterocycles. The fourth-order valence-corrected chi connectivity index (χ4v) is 3.19. The number of nitriles is 1. The Morgan fingerprint density at radius 2 is 1.86 bits per heavy atom. The highest BCUT2D eigenvalue weighted by Gasteiger charge is 2.17. The summed E-state index contributed by atoms with van der Waals surface area (Å²) < 4.78 is 29.8. The van der Waals surface area contributed by atoms with Gasteiger partial charge in [-0.2, -0.15) is 14.8 Å². The van der Waals surface area contributed by atoms with E-state index in [9.17, 15) is 13.6 Å². The number of hydrogen-bond donors (Lipinski definition) is 0. The zero-order valence-electron chi connectivity index (χ0n) is 14.7. The molecule has 0 amide bonds. The maximum Gasteiger partial charge on any atom is 0.274 e. The summed E-state index contributed by atoms with van der Waals surface area (Å²) >= 11 is 5.97. The van der Waals surface area contributed by atoms with E-state index in [0.29, 0.717) is 10.8 Å². The lowest BCUT2D eigenvalue weighted by molar-refractivity contribution is 0.571. The molecule has 4 aromatic rings. The van der Waals surface area contributed by atoms with Crippen LogP contribution < -0.4 is 5.56 Å². The monoisotopic (exact) mass is 408 g/mol. The minimum absolute atomic E-state index is 0.0303. The summed E-state index contributed by atoms with van der Waals surface area (Å²) in [4.78, 5) is 16.5. The third-order valence-electron chi connectivity index (χ3n) is 4.43. The number of rotatable bonds is 3. The first kappa shape index (κ1) is 18.7. The Bertz CT molecular complexity index is 1360. The number of halogens is 3. The predicted octanol–water partition coefficient (Wildman–Crippen LogP) is 4.31. The van der Waals surface area contributed by atoms with Crippen LogP contribution in [0.1, 0.15) is 11.1 Å². The van der Waals surface area contributed by atoms with Gasteiger partial charge >= 0.3 is 0 Å². The van der Waals surface area contributed by atoms with Crippen molar-refractivity contribution in [3.63, 3.8) is 0 Å². The average Bonchev–Trinajstić information content (AvgIpc) is 2.73. The van der Waals surface area contributed by atoms with Gasteiger partial charge in [-0.05, 0) is 24.3 Å². The lowest BCUT2D eigenvalue weighted by atomic mass is 10.1. The molecule has 5 nitrogen and oxygen atoms in total. The molecule has 0 saturated heterocycles. The highest BCUT2D eigenvalue weighted by Crippen LogP contribution is 2.28. The van der Waals surface area contributed by atoms with Crippen molar-refractivity contribution < 1.29 is 8.78 Å². The van der Waals surface area contributed by atoms with Crippen molar-refractivity contribution in [3.8, 4) is 17.3 Å². The lowest BCUT2D eigenvalue weighted by Gasteiger charge is -2.12. The third kappa shape index (κ3) is 3.46. The summed E-state index contributed by atoms with van der Waals surface area (Å²) in [6, 6.07) is 13.8. The van der Waals surface area contributed by atoms with E-state index in [0.717, 1.165) is 10.7 Å². The molecular weight excluding hydrogens is 398 g/mol. The second kappa shape index (κ2) is 7.41. The van der Waals surface area contributed by atoms with E-state index < -0.39 is 17.3 Å². The van der Waals surface area contributed by atoms with Crippen molar-refractivity contribution in [2.75, 3.05) is 0 Å². The molecule has 0 atom stereocenters. The number of fused-ring (bicyclic) bond motifs is 1. The molecule has 0 saturated carbocycles. The van der Waals surface area contributed by atoms with Crippen LogP contribution in [0.4, 0.5) is 8.78 Å². The quantitative estimate of drug-likeness (QED) is 0.473. The molecule has 2 aromatic heterocycles. The van der Waals surface area contributed by atoms with Crippen molar-refractivity contribution >= 4 is 22.4 Å². The molecule has 4 rings (SSSR count). The number of aromatic nitrogens is 3. The Labute approximate surface area is 168 Å². The second-order valence-electron chi connectivity index (χ2n) is 6.27. The van der Waals surface area contributed by atoms with E-state index in [2.05, 4.69) is 10.1 Å². The van der Waals surface area contributed by atoms with Gasteiger partial charge in [0.05, 0.1) is 34.1 Å². The molecule has 0 bridgehead atoms. The van der Waals surface area contributed by atoms with Crippen molar-refractivity contribution in [1.82, 2.24) is 14.8 Å². The molecule has 0 fully saturated rings. The summed E-state index contributed by atoms with van der Waals surface area (Å²) in [7, 11) is 0. The lowest BCUT2D eigenvalue weighted by Crippen LogP contribution is -2.25. The van der Waals surface area contributed by atoms with Crippen LogP contribution in [-0.4, -0.2) is 14.8 Å². The van der Waals surface area contributed by atoms with Crippen molar-refractivity contribution in [2.45, 2.75) is 6.54 Å². The standard InChI is InChI=1S/C21H11ClF2N4O/c22-14-8-17(20(24)26-10-14)19-15-3-1-2-4-16(15)21(29)28(27-19)11-13-6-5-12(9-25)7-18(13)23/h1-8,10H,11H2. The average molecular weight is 409 g/mol. The van der Waals surface area contributed by atoms with Gasteiger partial charge in [0.15, 0.2) is 0 Å². The molecule has 0 aliphatic carbocycles. The molecule has 0 radical (unpaired) electrons. The zero-order valence-corrected chi connectivity index (χ0v) is 15.5. The summed E-state index contributed by atoms with van der Waals surface area (Å²) in [5, 5.41) is 14.1. The van der Waals surface area contributed by atoms with Gasteiger partial charge in [0, 0.05) is 17.1 Å². The first-order valence-corrected chi connectivity index (χ1v) is 8.85. The molecule has 8 heteroatoms. The van der Waals surface area contributed by atoms with E-state index in [-0.39, 0.29) is 34.0 Å². The Kier molecular flexibility index (Phi) is 4.79. The Morgan fingerprint density at radius 3 is 2.59 bits per heavy atom. The topological polar surface area (TPSA) is 71.6 Å². The summed E-state index contributed by atoms with van der Waals surface area (Å²) in [6.07, 6.45) is 1.17. The minimum Gasteiger partial charge on any atom is -0.267 e. The molecule has 0 spiro atoms. The predicted molar refractivity (Wildman–Crippen MR) is 104 cm³/mol. The van der Waals surface area contributed by atoms with Crippen LogP contribution in [0.25, 0.3) is 22.0 Å². The van der Waals surface area contributed by atoms with E-state index >= 15 is 0 Å². The molecule has 0 aliphatic rings. The van der Waals surface area contributed by atoms with Crippen LogP contribution in [-0.2, 0) is 6.54 Å². The van der Waals surface area contributed by atoms with Gasteiger partial charge < -0.3 is 0 Å². The van der Waals surface area contributed by atoms with E-state index in [1.807, 2.05) is 6.07 Å². The number of benzene rings is 2. The molecule has 29 heavy (non-hydrogen) atoms. The SMILES string of the molecule is N#Cc1ccc(Cn2nc(-c3cc(Cl)cnc3F)c3ccccc3c2=O)c(F)c1. The number of pyridine rings is 1. The highest BCUT2D eigenvalue weighted by atomic mass is 35.5. The smallest absolute Gasteiger partial charge is 0.267 e. The molecule has 0 unspecified atom stereocenters. The fraction of sp³-hybridized carbons (Fsp3) is 0.0476. The van der Waals surface area contributed by atoms with Crippen molar-refractivity contribution in [1.29, 1.82) is 5.26 Å². The van der Waals surface area contributed by atoms with Gasteiger partial charge in [-0.25, -0.2) is 14.1 Å². The summed E-state index contributed by atoms with van der Waals surface area (Å²) in [6.45, 7) is -0.191. The van der Waals surface area contributed by atoms with Crippen LogP contribution in [0.3, 0.4) is 0 Å². The van der Waals surface area contributed by atoms with Crippen LogP contribution in [0.5, 0.6) is 0 Å². The highest BCUT2D eigenvalue weighted by molar-refractivity contribution is 6.30. The summed E-state index contributed by atoms with van der Waals surface area (Å²) in [5.74, 6) is -1.43. The van der Waals surface area contributed by atoms with Crippen LogP contribution in [0.15, 0.2) is 59.5 Å². The van der Waals surface area contributed by atoms with Crippen LogP contribution >= 0.6 is 11.6 Å². The maximum absolute atomic E-state index is 14.4. The molecule has 142 valence electrons. The van der Waals surface area contributed by atoms with Gasteiger partial charge in [-0.1, -0.05) is 35.9 Å². The van der Waals surface area contributed by atoms with Crippen LogP contribution in [0, 0.1) is 23.1 Å². The fourth-order valence-electron chi connectivity index (χ4n) is 3.04. The maximum atomic E-state index is 14.4. The first-order chi connectivity index (χ1) is 14.0. The Hall–Kier alpha value is -3.63. The molecule has 2 heterocycles. The normalized spacial score (nSPS) is 10.8. The van der Waals surface area contributed by atoms with Crippen LogP contribution in [0.2, 0.25) is 5.02 Å². The van der Waals surface area contributed by atoms with Gasteiger partial charge in [-0.15, -0.1) is 0 Å². The zero-order chi connectivity index (χ0) is 20.5. The number of nitrogens with zero attached hydrogens (tertiary/aromatic N) is 4. The Morgan fingerprint density at radius 1 is 1.10 bits per heavy atom. The van der Waals surface area contributed by atoms with E-state index in [4.69, 9.17) is 16.9 Å². The van der Waals surface area contributed by atoms with E-state index in [1.54, 1.807) is 24.3 Å². The summed E-state index contributed by atoms with van der Waals surface area (Å²) in [5.41, 5.74) is 0.0790. The van der Waals surface area contributed by atoms with Crippen molar-refractivity contribution in [2.24, 2.45) is 0 Å². The minimum atomic E-state index is -0.790. The largest absolute Gasteiger partial charge is 0.274 e. The Balaban J connectivity index is 1.94. The van der Waals surface area contributed by atoms with E-state index in [1.165, 1.54) is 24.4 Å². The molecule has 2 aromatic carbocycles. The second-order valence-corrected chi connectivity index (χ2v) is 6.70. The van der Waals surface area contributed by atoms with Gasteiger partial charge in [0.25, 0.3) is 5.56 Å². The third-order valence-corrected chi connectivity index (χ3v) is 4.64. The number of hydrogen-bond acceptors (Lipinski definition) is 4. The first-order valence-electron chi connectivity index (χ1n) is 8.47. The molecule has 0 N–H and O–H groups in total. The van der Waals surface area contributed by atoms with Gasteiger partial charge in [0.2, 0.25) is 5.95 Å². The molecular formula is C21H11ClF2N4O. The van der Waals surface area contributed by atoms with Gasteiger partial charge in [0.1, 0.15) is 11.5 Å². The van der Waals surface area contributed by atoms with Crippen molar-refractivity contribution in [3.05, 3.63) is 93.0 Å². The van der Waals surface area contributed by atoms with Gasteiger partial charge in [-0.3, -0.25) is 4.79 Å².